The first-order valence-electron chi connectivity index (χ1n) is 11.4. The minimum absolute atomic E-state index is 0.0401. The fourth-order valence-electron chi connectivity index (χ4n) is 4.45. The van der Waals surface area contributed by atoms with Crippen LogP contribution in [0.5, 0.6) is 5.75 Å². The molecule has 7 heteroatoms. The van der Waals surface area contributed by atoms with Crippen LogP contribution in [-0.2, 0) is 11.2 Å². The molecule has 34 heavy (non-hydrogen) atoms. The lowest BCUT2D eigenvalue weighted by atomic mass is 9.93. The largest absolute Gasteiger partial charge is 0.497 e. The number of fused-ring (bicyclic) bond motifs is 1. The van der Waals surface area contributed by atoms with Crippen molar-refractivity contribution < 1.29 is 14.3 Å². The molecule has 0 fully saturated rings. The molecule has 5 nitrogen and oxygen atoms in total. The van der Waals surface area contributed by atoms with Gasteiger partial charge in [-0.2, -0.15) is 0 Å². The highest BCUT2D eigenvalue weighted by Crippen LogP contribution is 2.38. The number of ether oxygens (including phenoxy) is 1. The predicted octanol–water partition coefficient (Wildman–Crippen LogP) is 5.79. The van der Waals surface area contributed by atoms with Gasteiger partial charge in [-0.05, 0) is 65.2 Å². The van der Waals surface area contributed by atoms with Crippen molar-refractivity contribution in [2.75, 3.05) is 26.7 Å². The third-order valence-corrected chi connectivity index (χ3v) is 7.48. The van der Waals surface area contributed by atoms with Gasteiger partial charge in [-0.15, -0.1) is 11.3 Å². The molecule has 1 aliphatic rings. The maximum Gasteiger partial charge on any atom is 0.254 e. The molecule has 4 rings (SSSR count). The summed E-state index contributed by atoms with van der Waals surface area (Å²) in [6.07, 6.45) is 0.829. The molecular formula is C27H29BrN2O3S. The molecule has 2 aromatic carbocycles. The Bertz CT molecular complexity index is 1160. The summed E-state index contributed by atoms with van der Waals surface area (Å²) < 4.78 is 6.17. The van der Waals surface area contributed by atoms with E-state index < -0.39 is 0 Å². The van der Waals surface area contributed by atoms with Gasteiger partial charge in [0.2, 0.25) is 5.91 Å². The third-order valence-electron chi connectivity index (χ3n) is 5.99. The van der Waals surface area contributed by atoms with Gasteiger partial charge in [-0.3, -0.25) is 9.59 Å². The molecule has 0 bridgehead atoms. The van der Waals surface area contributed by atoms with Crippen LogP contribution >= 0.6 is 27.3 Å². The molecule has 3 aromatic rings. The molecule has 0 saturated carbocycles. The standard InChI is InChI=1S/C27H29BrN2O3S/c1-18(2)16-29(27(32)20-5-4-6-21(28)15-20)17-25(31)30-13-11-24-23(12-14-34-24)26(30)19-7-9-22(33-3)10-8-19/h4-10,12,14-15,18,26H,11,13,16-17H2,1-3H3. The fourth-order valence-corrected chi connectivity index (χ4v) is 5.75. The van der Waals surface area contributed by atoms with E-state index in [1.807, 2.05) is 41.3 Å². The number of amides is 2. The lowest BCUT2D eigenvalue weighted by molar-refractivity contribution is -0.134. The molecule has 0 N–H and O–H groups in total. The van der Waals surface area contributed by atoms with E-state index in [9.17, 15) is 9.59 Å². The number of methoxy groups -OCH3 is 1. The van der Waals surface area contributed by atoms with Crippen LogP contribution in [0.4, 0.5) is 0 Å². The Kier molecular flexibility index (Phi) is 7.73. The lowest BCUT2D eigenvalue weighted by Crippen LogP contribution is -2.47. The van der Waals surface area contributed by atoms with Crippen molar-refractivity contribution in [1.29, 1.82) is 0 Å². The van der Waals surface area contributed by atoms with Crippen molar-refractivity contribution in [3.05, 3.63) is 86.0 Å². The summed E-state index contributed by atoms with van der Waals surface area (Å²) >= 11 is 5.18. The van der Waals surface area contributed by atoms with Crippen molar-refractivity contribution in [3.63, 3.8) is 0 Å². The maximum absolute atomic E-state index is 13.7. The second-order valence-corrected chi connectivity index (χ2v) is 10.8. The average molecular weight is 542 g/mol. The lowest BCUT2D eigenvalue weighted by Gasteiger charge is -2.38. The van der Waals surface area contributed by atoms with E-state index in [2.05, 4.69) is 41.2 Å². The Morgan fingerprint density at radius 3 is 2.62 bits per heavy atom. The molecule has 1 aromatic heterocycles. The van der Waals surface area contributed by atoms with E-state index in [0.29, 0.717) is 18.7 Å². The molecule has 178 valence electrons. The number of carbonyl (C=O) groups is 2. The summed E-state index contributed by atoms with van der Waals surface area (Å²) in [6, 6.07) is 17.2. The molecule has 1 aliphatic heterocycles. The quantitative estimate of drug-likeness (QED) is 0.381. The Balaban J connectivity index is 1.62. The topological polar surface area (TPSA) is 49.9 Å². The molecule has 0 radical (unpaired) electrons. The van der Waals surface area contributed by atoms with Gasteiger partial charge in [0.15, 0.2) is 0 Å². The summed E-state index contributed by atoms with van der Waals surface area (Å²) in [7, 11) is 1.65. The number of thiophene rings is 1. The highest BCUT2D eigenvalue weighted by molar-refractivity contribution is 9.10. The van der Waals surface area contributed by atoms with E-state index in [-0.39, 0.29) is 30.3 Å². The first-order chi connectivity index (χ1) is 16.4. The van der Waals surface area contributed by atoms with E-state index in [1.165, 1.54) is 10.4 Å². The van der Waals surface area contributed by atoms with E-state index in [4.69, 9.17) is 4.74 Å². The van der Waals surface area contributed by atoms with Crippen LogP contribution in [0, 0.1) is 5.92 Å². The molecule has 2 amide bonds. The molecular weight excluding hydrogens is 512 g/mol. The maximum atomic E-state index is 13.7. The number of benzene rings is 2. The Labute approximate surface area is 213 Å². The van der Waals surface area contributed by atoms with Gasteiger partial charge in [0, 0.05) is 28.0 Å². The first-order valence-corrected chi connectivity index (χ1v) is 13.1. The molecule has 0 saturated heterocycles. The van der Waals surface area contributed by atoms with Gasteiger partial charge in [0.1, 0.15) is 12.3 Å². The second-order valence-electron chi connectivity index (χ2n) is 8.90. The SMILES string of the molecule is COc1ccc(C2c3ccsc3CCN2C(=O)CN(CC(C)C)C(=O)c2cccc(Br)c2)cc1. The van der Waals surface area contributed by atoms with Crippen LogP contribution in [-0.4, -0.2) is 48.4 Å². The monoisotopic (exact) mass is 540 g/mol. The Morgan fingerprint density at radius 2 is 1.94 bits per heavy atom. The van der Waals surface area contributed by atoms with Crippen LogP contribution < -0.4 is 4.74 Å². The van der Waals surface area contributed by atoms with E-state index >= 15 is 0 Å². The zero-order valence-corrected chi connectivity index (χ0v) is 22.1. The molecule has 0 spiro atoms. The number of rotatable bonds is 7. The van der Waals surface area contributed by atoms with E-state index in [0.717, 1.165) is 22.2 Å². The van der Waals surface area contributed by atoms with Crippen LogP contribution in [0.3, 0.4) is 0 Å². The summed E-state index contributed by atoms with van der Waals surface area (Å²) in [5.41, 5.74) is 2.79. The molecule has 0 aliphatic carbocycles. The number of halogens is 1. The highest BCUT2D eigenvalue weighted by Gasteiger charge is 2.34. The number of nitrogens with zero attached hydrogens (tertiary/aromatic N) is 2. The average Bonchev–Trinajstić information content (AvgIpc) is 3.31. The van der Waals surface area contributed by atoms with Gasteiger partial charge < -0.3 is 14.5 Å². The molecule has 2 heterocycles. The zero-order chi connectivity index (χ0) is 24.2. The fraction of sp³-hybridized carbons (Fsp3) is 0.333. The Hall–Kier alpha value is -2.64. The smallest absolute Gasteiger partial charge is 0.254 e. The molecule has 1 unspecified atom stereocenters. The summed E-state index contributed by atoms with van der Waals surface area (Å²) in [5.74, 6) is 0.857. The Morgan fingerprint density at radius 1 is 1.18 bits per heavy atom. The summed E-state index contributed by atoms with van der Waals surface area (Å²) in [5, 5.41) is 2.09. The normalized spacial score (nSPS) is 15.2. The van der Waals surface area contributed by atoms with Gasteiger partial charge in [-0.25, -0.2) is 0 Å². The van der Waals surface area contributed by atoms with Crippen molar-refractivity contribution in [2.24, 2.45) is 5.92 Å². The van der Waals surface area contributed by atoms with Crippen LogP contribution in [0.1, 0.15) is 46.3 Å². The highest BCUT2D eigenvalue weighted by atomic mass is 79.9. The first kappa shape index (κ1) is 24.5. The van der Waals surface area contributed by atoms with Crippen molar-refractivity contribution in [3.8, 4) is 5.75 Å². The zero-order valence-electron chi connectivity index (χ0n) is 19.7. The van der Waals surface area contributed by atoms with Gasteiger partial charge in [0.05, 0.1) is 13.2 Å². The third kappa shape index (κ3) is 5.36. The minimum atomic E-state index is -0.171. The van der Waals surface area contributed by atoms with Gasteiger partial charge >= 0.3 is 0 Å². The van der Waals surface area contributed by atoms with Crippen LogP contribution in [0.25, 0.3) is 0 Å². The van der Waals surface area contributed by atoms with E-state index in [1.54, 1.807) is 35.5 Å². The van der Waals surface area contributed by atoms with Gasteiger partial charge in [0.25, 0.3) is 5.91 Å². The van der Waals surface area contributed by atoms with Crippen LogP contribution in [0.15, 0.2) is 64.5 Å². The van der Waals surface area contributed by atoms with Crippen molar-refractivity contribution >= 4 is 39.1 Å². The van der Waals surface area contributed by atoms with Gasteiger partial charge in [-0.1, -0.05) is 48.0 Å². The molecule has 1 atom stereocenters. The number of hydrogen-bond donors (Lipinski definition) is 0. The van der Waals surface area contributed by atoms with Crippen molar-refractivity contribution in [1.82, 2.24) is 9.80 Å². The number of carbonyl (C=O) groups excluding carboxylic acids is 2. The summed E-state index contributed by atoms with van der Waals surface area (Å²) in [4.78, 5) is 32.0. The van der Waals surface area contributed by atoms with Crippen LogP contribution in [0.2, 0.25) is 0 Å². The minimum Gasteiger partial charge on any atom is -0.497 e. The predicted molar refractivity (Wildman–Crippen MR) is 139 cm³/mol. The summed E-state index contributed by atoms with van der Waals surface area (Å²) in [6.45, 7) is 5.32. The van der Waals surface area contributed by atoms with Crippen molar-refractivity contribution in [2.45, 2.75) is 26.3 Å². The second kappa shape index (κ2) is 10.7. The number of hydrogen-bond acceptors (Lipinski definition) is 4.